The first-order valence-corrected chi connectivity index (χ1v) is 11.7. The number of nitrogens with one attached hydrogen (secondary N) is 1. The second kappa shape index (κ2) is 8.81. The van der Waals surface area contributed by atoms with Crippen LogP contribution in [0.4, 0.5) is 4.39 Å². The number of amides is 1. The fourth-order valence-corrected chi connectivity index (χ4v) is 6.75. The first-order chi connectivity index (χ1) is 12.9. The van der Waals surface area contributed by atoms with Crippen LogP contribution in [0.25, 0.3) is 0 Å². The van der Waals surface area contributed by atoms with Gasteiger partial charge >= 0.3 is 0 Å². The van der Waals surface area contributed by atoms with Crippen LogP contribution < -0.4 is 5.32 Å². The molecule has 2 heterocycles. The van der Waals surface area contributed by atoms with E-state index in [-0.39, 0.29) is 28.4 Å². The first-order valence-electron chi connectivity index (χ1n) is 8.64. The van der Waals surface area contributed by atoms with E-state index in [1.165, 1.54) is 27.8 Å². The molecule has 1 atom stereocenters. The van der Waals surface area contributed by atoms with Gasteiger partial charge in [0.2, 0.25) is 5.91 Å². The highest BCUT2D eigenvalue weighted by Gasteiger charge is 2.33. The number of nitrogens with zero attached hydrogens (tertiary/aromatic N) is 1. The van der Waals surface area contributed by atoms with Gasteiger partial charge in [-0.3, -0.25) is 4.79 Å². The van der Waals surface area contributed by atoms with E-state index in [1.807, 2.05) is 0 Å². The third kappa shape index (κ3) is 5.16. The fourth-order valence-electron chi connectivity index (χ4n) is 3.06. The Morgan fingerprint density at radius 1 is 1.26 bits per heavy atom. The molecule has 1 aromatic heterocycles. The molecule has 0 radical (unpaired) electrons. The van der Waals surface area contributed by atoms with Crippen LogP contribution >= 0.6 is 27.3 Å². The Balaban J connectivity index is 1.55. The van der Waals surface area contributed by atoms with Crippen LogP contribution in [0.5, 0.6) is 0 Å². The zero-order valence-electron chi connectivity index (χ0n) is 14.5. The first kappa shape index (κ1) is 20.4. The maximum atomic E-state index is 12.9. The van der Waals surface area contributed by atoms with Crippen LogP contribution in [-0.2, 0) is 21.2 Å². The number of halogens is 2. The van der Waals surface area contributed by atoms with E-state index in [4.69, 9.17) is 0 Å². The lowest BCUT2D eigenvalue weighted by atomic mass is 9.99. The standard InChI is InChI=1S/C18H20BrFN2O3S2/c19-16-7-8-17(26-16)27(24,25)22-11-1-2-14(12-22)18(23)21-10-9-13-3-5-15(20)6-4-13/h3-8,14H,1-2,9-12H2,(H,21,23)/t14-/m0/s1. The van der Waals surface area contributed by atoms with E-state index in [1.54, 1.807) is 24.3 Å². The van der Waals surface area contributed by atoms with E-state index >= 15 is 0 Å². The molecule has 0 bridgehead atoms. The smallest absolute Gasteiger partial charge is 0.252 e. The average molecular weight is 475 g/mol. The van der Waals surface area contributed by atoms with Gasteiger partial charge in [0, 0.05) is 19.6 Å². The van der Waals surface area contributed by atoms with Crippen molar-refractivity contribution in [3.8, 4) is 0 Å². The minimum atomic E-state index is -3.57. The predicted molar refractivity (Wildman–Crippen MR) is 107 cm³/mol. The Morgan fingerprint density at radius 3 is 2.67 bits per heavy atom. The Hall–Kier alpha value is -1.29. The van der Waals surface area contributed by atoms with Crippen molar-refractivity contribution >= 4 is 43.2 Å². The molecule has 0 aliphatic carbocycles. The summed E-state index contributed by atoms with van der Waals surface area (Å²) in [6.45, 7) is 1.06. The highest BCUT2D eigenvalue weighted by molar-refractivity contribution is 9.11. The summed E-state index contributed by atoms with van der Waals surface area (Å²) in [5.74, 6) is -0.779. The molecule has 0 unspecified atom stereocenters. The number of carbonyl (C=O) groups is 1. The molecule has 1 aromatic carbocycles. The monoisotopic (exact) mass is 474 g/mol. The molecule has 27 heavy (non-hydrogen) atoms. The molecule has 0 saturated carbocycles. The van der Waals surface area contributed by atoms with Gasteiger partial charge in [0.1, 0.15) is 10.0 Å². The summed E-state index contributed by atoms with van der Waals surface area (Å²) < 4.78 is 40.9. The number of hydrogen-bond acceptors (Lipinski definition) is 4. The van der Waals surface area contributed by atoms with Gasteiger partial charge in [0.15, 0.2) is 0 Å². The van der Waals surface area contributed by atoms with Crippen molar-refractivity contribution in [3.63, 3.8) is 0 Å². The van der Waals surface area contributed by atoms with Gasteiger partial charge < -0.3 is 5.32 Å². The summed E-state index contributed by atoms with van der Waals surface area (Å²) in [6.07, 6.45) is 1.92. The highest BCUT2D eigenvalue weighted by Crippen LogP contribution is 2.30. The molecule has 1 aliphatic rings. The fraction of sp³-hybridized carbons (Fsp3) is 0.389. The van der Waals surface area contributed by atoms with Crippen LogP contribution in [0, 0.1) is 11.7 Å². The molecule has 1 N–H and O–H groups in total. The van der Waals surface area contributed by atoms with E-state index < -0.39 is 10.0 Å². The van der Waals surface area contributed by atoms with Crippen molar-refractivity contribution in [1.82, 2.24) is 9.62 Å². The molecule has 1 fully saturated rings. The lowest BCUT2D eigenvalue weighted by Gasteiger charge is -2.30. The van der Waals surface area contributed by atoms with Crippen LogP contribution in [-0.4, -0.2) is 38.3 Å². The number of thiophene rings is 1. The van der Waals surface area contributed by atoms with E-state index in [9.17, 15) is 17.6 Å². The van der Waals surface area contributed by atoms with Gasteiger partial charge in [-0.05, 0) is 65.0 Å². The van der Waals surface area contributed by atoms with Crippen LogP contribution in [0.2, 0.25) is 0 Å². The average Bonchev–Trinajstić information content (AvgIpc) is 3.10. The molecular weight excluding hydrogens is 455 g/mol. The largest absolute Gasteiger partial charge is 0.355 e. The maximum Gasteiger partial charge on any atom is 0.252 e. The van der Waals surface area contributed by atoms with Gasteiger partial charge in [0.05, 0.1) is 9.70 Å². The van der Waals surface area contributed by atoms with Gasteiger partial charge in [-0.25, -0.2) is 12.8 Å². The second-order valence-electron chi connectivity index (χ2n) is 6.43. The number of carbonyl (C=O) groups excluding carboxylic acids is 1. The quantitative estimate of drug-likeness (QED) is 0.697. The number of benzene rings is 1. The number of rotatable bonds is 6. The van der Waals surface area contributed by atoms with E-state index in [0.29, 0.717) is 32.4 Å². The molecule has 146 valence electrons. The zero-order chi connectivity index (χ0) is 19.4. The molecule has 1 aliphatic heterocycles. The lowest BCUT2D eigenvalue weighted by Crippen LogP contribution is -2.45. The summed E-state index contributed by atoms with van der Waals surface area (Å²) in [6, 6.07) is 9.46. The van der Waals surface area contributed by atoms with Crippen molar-refractivity contribution in [2.75, 3.05) is 19.6 Å². The summed E-state index contributed by atoms with van der Waals surface area (Å²) in [4.78, 5) is 12.5. The lowest BCUT2D eigenvalue weighted by molar-refractivity contribution is -0.126. The van der Waals surface area contributed by atoms with Crippen molar-refractivity contribution in [2.45, 2.75) is 23.5 Å². The van der Waals surface area contributed by atoms with Crippen LogP contribution in [0.3, 0.4) is 0 Å². The molecule has 1 amide bonds. The van der Waals surface area contributed by atoms with Crippen molar-refractivity contribution in [2.24, 2.45) is 5.92 Å². The summed E-state index contributed by atoms with van der Waals surface area (Å²) >= 11 is 4.46. The van der Waals surface area contributed by atoms with Gasteiger partial charge in [-0.1, -0.05) is 12.1 Å². The van der Waals surface area contributed by atoms with Crippen molar-refractivity contribution in [1.29, 1.82) is 0 Å². The van der Waals surface area contributed by atoms with Crippen molar-refractivity contribution < 1.29 is 17.6 Å². The Labute approximate surface area is 170 Å². The molecular formula is C18H20BrFN2O3S2. The van der Waals surface area contributed by atoms with E-state index in [2.05, 4.69) is 21.2 Å². The van der Waals surface area contributed by atoms with E-state index in [0.717, 1.165) is 9.35 Å². The molecule has 2 aromatic rings. The molecule has 9 heteroatoms. The maximum absolute atomic E-state index is 12.9. The molecule has 0 spiro atoms. The molecule has 3 rings (SSSR count). The molecule has 1 saturated heterocycles. The van der Waals surface area contributed by atoms with Gasteiger partial charge in [0.25, 0.3) is 10.0 Å². The predicted octanol–water partition coefficient (Wildman–Crippen LogP) is 3.41. The Morgan fingerprint density at radius 2 is 2.00 bits per heavy atom. The highest BCUT2D eigenvalue weighted by atomic mass is 79.9. The van der Waals surface area contributed by atoms with Crippen molar-refractivity contribution in [3.05, 3.63) is 51.6 Å². The van der Waals surface area contributed by atoms with Gasteiger partial charge in [-0.2, -0.15) is 4.31 Å². The summed E-state index contributed by atoms with van der Waals surface area (Å²) in [5.41, 5.74) is 0.938. The minimum Gasteiger partial charge on any atom is -0.355 e. The van der Waals surface area contributed by atoms with Crippen LogP contribution in [0.1, 0.15) is 18.4 Å². The topological polar surface area (TPSA) is 66.5 Å². The third-order valence-electron chi connectivity index (χ3n) is 4.52. The Bertz CT molecular complexity index is 900. The SMILES string of the molecule is O=C(NCCc1ccc(F)cc1)[C@H]1CCCN(S(=O)(=O)c2ccc(Br)s2)C1. The molecule has 5 nitrogen and oxygen atoms in total. The second-order valence-corrected chi connectivity index (χ2v) is 11.1. The van der Waals surface area contributed by atoms with Gasteiger partial charge in [-0.15, -0.1) is 11.3 Å². The minimum absolute atomic E-state index is 0.135. The number of piperidine rings is 1. The summed E-state index contributed by atoms with van der Waals surface area (Å²) in [7, 11) is -3.57. The Kier molecular flexibility index (Phi) is 6.67. The third-order valence-corrected chi connectivity index (χ3v) is 8.48. The number of hydrogen-bond donors (Lipinski definition) is 1. The zero-order valence-corrected chi connectivity index (χ0v) is 17.7. The summed E-state index contributed by atoms with van der Waals surface area (Å²) in [5, 5.41) is 2.87. The van der Waals surface area contributed by atoms with Crippen LogP contribution in [0.15, 0.2) is 44.4 Å². The normalized spacial score (nSPS) is 18.4. The number of sulfonamides is 1.